The highest BCUT2D eigenvalue weighted by Crippen LogP contribution is 2.27. The van der Waals surface area contributed by atoms with Crippen LogP contribution in [0.3, 0.4) is 0 Å². The van der Waals surface area contributed by atoms with Crippen LogP contribution >= 0.6 is 0 Å². The highest BCUT2D eigenvalue weighted by molar-refractivity contribution is 5.86. The number of ether oxygens (including phenoxy) is 2. The number of hydrogen-bond donors (Lipinski definition) is 1. The van der Waals surface area contributed by atoms with Crippen molar-refractivity contribution in [3.8, 4) is 0 Å². The maximum atomic E-state index is 13.3. The van der Waals surface area contributed by atoms with Crippen LogP contribution in [0.15, 0.2) is 42.5 Å². The highest BCUT2D eigenvalue weighted by Gasteiger charge is 2.33. The Morgan fingerprint density at radius 1 is 1.23 bits per heavy atom. The van der Waals surface area contributed by atoms with Gasteiger partial charge < -0.3 is 19.7 Å². The number of carbonyl (C=O) groups is 3. The Kier molecular flexibility index (Phi) is 10.2. The van der Waals surface area contributed by atoms with Crippen LogP contribution in [0.5, 0.6) is 0 Å². The van der Waals surface area contributed by atoms with Crippen molar-refractivity contribution < 1.29 is 23.9 Å². The molecule has 0 aliphatic carbocycles. The molecule has 170 valence electrons. The number of allylic oxidation sites excluding steroid dienone is 2. The minimum absolute atomic E-state index is 0.0994. The Bertz CT molecular complexity index is 750. The third-order valence-electron chi connectivity index (χ3n) is 5.44. The molecule has 7 heteroatoms. The number of likely N-dealkylation sites (N-methyl/N-ethyl adjacent to an activating group) is 1. The molecule has 1 aromatic carbocycles. The first-order valence-corrected chi connectivity index (χ1v) is 10.9. The van der Waals surface area contributed by atoms with Crippen LogP contribution < -0.4 is 5.32 Å². The summed E-state index contributed by atoms with van der Waals surface area (Å²) in [4.78, 5) is 39.6. The third-order valence-corrected chi connectivity index (χ3v) is 5.44. The van der Waals surface area contributed by atoms with Gasteiger partial charge in [-0.05, 0) is 32.3 Å². The topological polar surface area (TPSA) is 84.9 Å². The monoisotopic (exact) mass is 430 g/mol. The lowest BCUT2D eigenvalue weighted by molar-refractivity contribution is -0.156. The molecule has 3 atom stereocenters. The second kappa shape index (κ2) is 12.9. The standard InChI is InChI=1S/C24H34N2O5/c1-4-30-16-15-25-21(27)17-20-13-9-6-10-14-22(28)31-23(18(2)26(3)24(20)29)19-11-7-5-8-12-19/h5-9,11-12,18,20,23H,4,10,13-17H2,1-3H3,(H,25,27)/b9-6-/t18-,20+,23+/m1/s1. The van der Waals surface area contributed by atoms with Gasteiger partial charge in [-0.2, -0.15) is 0 Å². The molecule has 31 heavy (non-hydrogen) atoms. The quantitative estimate of drug-likeness (QED) is 0.408. The number of carbonyl (C=O) groups excluding carboxylic acids is 3. The van der Waals surface area contributed by atoms with Crippen molar-refractivity contribution in [1.29, 1.82) is 0 Å². The zero-order valence-corrected chi connectivity index (χ0v) is 18.7. The lowest BCUT2D eigenvalue weighted by Crippen LogP contribution is -2.44. The van der Waals surface area contributed by atoms with Gasteiger partial charge in [0, 0.05) is 33.0 Å². The summed E-state index contributed by atoms with van der Waals surface area (Å²) in [6.07, 6.45) is 4.52. The van der Waals surface area contributed by atoms with Gasteiger partial charge in [0.25, 0.3) is 0 Å². The summed E-state index contributed by atoms with van der Waals surface area (Å²) >= 11 is 0. The summed E-state index contributed by atoms with van der Waals surface area (Å²) < 4.78 is 11.0. The first-order valence-electron chi connectivity index (χ1n) is 10.9. The van der Waals surface area contributed by atoms with Crippen LogP contribution in [0.2, 0.25) is 0 Å². The van der Waals surface area contributed by atoms with Gasteiger partial charge in [0.15, 0.2) is 0 Å². The van der Waals surface area contributed by atoms with E-state index in [0.29, 0.717) is 32.6 Å². The molecule has 0 saturated heterocycles. The number of nitrogens with one attached hydrogen (secondary N) is 1. The van der Waals surface area contributed by atoms with Gasteiger partial charge >= 0.3 is 5.97 Å². The molecule has 1 N–H and O–H groups in total. The molecule has 1 heterocycles. The minimum Gasteiger partial charge on any atom is -0.455 e. The molecule has 0 fully saturated rings. The van der Waals surface area contributed by atoms with Gasteiger partial charge in [-0.25, -0.2) is 0 Å². The van der Waals surface area contributed by atoms with Gasteiger partial charge in [0.05, 0.1) is 18.6 Å². The number of hydrogen-bond acceptors (Lipinski definition) is 5. The van der Waals surface area contributed by atoms with Crippen molar-refractivity contribution in [3.05, 3.63) is 48.0 Å². The zero-order valence-electron chi connectivity index (χ0n) is 18.7. The largest absolute Gasteiger partial charge is 0.455 e. The zero-order chi connectivity index (χ0) is 22.6. The molecule has 0 aromatic heterocycles. The Morgan fingerprint density at radius 3 is 2.68 bits per heavy atom. The van der Waals surface area contributed by atoms with E-state index < -0.39 is 12.0 Å². The minimum atomic E-state index is -0.577. The molecule has 1 aromatic rings. The molecule has 0 unspecified atom stereocenters. The molecule has 0 saturated carbocycles. The van der Waals surface area contributed by atoms with E-state index in [2.05, 4.69) is 5.32 Å². The number of nitrogens with zero attached hydrogens (tertiary/aromatic N) is 1. The summed E-state index contributed by atoms with van der Waals surface area (Å²) in [5.74, 6) is -1.10. The molecule has 7 nitrogen and oxygen atoms in total. The lowest BCUT2D eigenvalue weighted by atomic mass is 9.95. The maximum Gasteiger partial charge on any atom is 0.306 e. The van der Waals surface area contributed by atoms with Gasteiger partial charge in [-0.15, -0.1) is 0 Å². The van der Waals surface area contributed by atoms with E-state index in [4.69, 9.17) is 9.47 Å². The number of rotatable bonds is 7. The van der Waals surface area contributed by atoms with Crippen LogP contribution in [0.25, 0.3) is 0 Å². The average Bonchev–Trinajstić information content (AvgIpc) is 2.78. The predicted octanol–water partition coefficient (Wildman–Crippen LogP) is 3.02. The van der Waals surface area contributed by atoms with Gasteiger partial charge in [0.1, 0.15) is 6.10 Å². The number of esters is 1. The van der Waals surface area contributed by atoms with Crippen molar-refractivity contribution >= 4 is 17.8 Å². The Hall–Kier alpha value is -2.67. The summed E-state index contributed by atoms with van der Waals surface area (Å²) in [5.41, 5.74) is 0.834. The van der Waals surface area contributed by atoms with Gasteiger partial charge in [-0.3, -0.25) is 14.4 Å². The maximum absolute atomic E-state index is 13.3. The molecule has 2 rings (SSSR count). The molecule has 1 aliphatic heterocycles. The molecule has 0 spiro atoms. The van der Waals surface area contributed by atoms with E-state index in [-0.39, 0.29) is 36.7 Å². The summed E-state index contributed by atoms with van der Waals surface area (Å²) in [6.45, 7) is 5.22. The fourth-order valence-corrected chi connectivity index (χ4v) is 3.53. The fourth-order valence-electron chi connectivity index (χ4n) is 3.53. The first kappa shape index (κ1) is 24.6. The van der Waals surface area contributed by atoms with Crippen LogP contribution in [-0.2, 0) is 23.9 Å². The van der Waals surface area contributed by atoms with Crippen LogP contribution in [0.1, 0.15) is 51.2 Å². The number of cyclic esters (lactones) is 1. The van der Waals surface area contributed by atoms with Crippen molar-refractivity contribution in [3.63, 3.8) is 0 Å². The Labute approximate surface area is 184 Å². The van der Waals surface area contributed by atoms with Crippen molar-refractivity contribution in [2.75, 3.05) is 26.8 Å². The average molecular weight is 431 g/mol. The predicted molar refractivity (Wildman–Crippen MR) is 118 cm³/mol. The molecule has 0 radical (unpaired) electrons. The van der Waals surface area contributed by atoms with Crippen LogP contribution in [-0.4, -0.2) is 55.5 Å². The smallest absolute Gasteiger partial charge is 0.306 e. The summed E-state index contributed by atoms with van der Waals surface area (Å²) in [6, 6.07) is 9.05. The van der Waals surface area contributed by atoms with E-state index in [9.17, 15) is 14.4 Å². The summed E-state index contributed by atoms with van der Waals surface area (Å²) in [7, 11) is 1.70. The normalized spacial score (nSPS) is 24.0. The lowest BCUT2D eigenvalue weighted by Gasteiger charge is -2.34. The van der Waals surface area contributed by atoms with E-state index in [0.717, 1.165) is 5.56 Å². The number of benzene rings is 1. The molecule has 2 amide bonds. The first-order chi connectivity index (χ1) is 14.9. The Morgan fingerprint density at radius 2 is 1.97 bits per heavy atom. The third kappa shape index (κ3) is 7.83. The van der Waals surface area contributed by atoms with Gasteiger partial charge in [-0.1, -0.05) is 42.5 Å². The molecule has 0 bridgehead atoms. The van der Waals surface area contributed by atoms with E-state index in [1.807, 2.05) is 56.3 Å². The second-order valence-electron chi connectivity index (χ2n) is 7.70. The molecule has 1 aliphatic rings. The van der Waals surface area contributed by atoms with Crippen molar-refractivity contribution in [1.82, 2.24) is 10.2 Å². The van der Waals surface area contributed by atoms with E-state index in [1.54, 1.807) is 11.9 Å². The number of amides is 2. The van der Waals surface area contributed by atoms with Crippen molar-refractivity contribution in [2.45, 2.75) is 51.7 Å². The fraction of sp³-hybridized carbons (Fsp3) is 0.542. The second-order valence-corrected chi connectivity index (χ2v) is 7.70. The van der Waals surface area contributed by atoms with E-state index >= 15 is 0 Å². The van der Waals surface area contributed by atoms with Crippen molar-refractivity contribution in [2.24, 2.45) is 5.92 Å². The van der Waals surface area contributed by atoms with Gasteiger partial charge in [0.2, 0.25) is 11.8 Å². The molecular weight excluding hydrogens is 396 g/mol. The van der Waals surface area contributed by atoms with Crippen LogP contribution in [0.4, 0.5) is 0 Å². The molecular formula is C24H34N2O5. The SMILES string of the molecule is CCOCCNC(=O)C[C@@H]1C/C=C\CCC(=O)O[C@H](c2ccccc2)[C@@H](C)N(C)C1=O. The van der Waals surface area contributed by atoms with E-state index in [1.165, 1.54) is 0 Å². The highest BCUT2D eigenvalue weighted by atomic mass is 16.5. The van der Waals surface area contributed by atoms with Crippen LogP contribution in [0, 0.1) is 5.92 Å². The summed E-state index contributed by atoms with van der Waals surface area (Å²) in [5, 5.41) is 2.81. The Balaban J connectivity index is 2.17.